The number of nitrogens with two attached hydrogens (primary N) is 1. The Labute approximate surface area is 74.9 Å². The molecule has 1 saturated carbocycles. The highest BCUT2D eigenvalue weighted by molar-refractivity contribution is 5.85. The first kappa shape index (κ1) is 11.2. The summed E-state index contributed by atoms with van der Waals surface area (Å²) in [5.74, 6) is 0. The molecule has 68 valence electrons. The molecule has 2 N–H and O–H groups in total. The maximum Gasteiger partial charge on any atom is 0.0694 e. The lowest BCUT2D eigenvalue weighted by atomic mass is 9.77. The summed E-state index contributed by atoms with van der Waals surface area (Å²) in [6.45, 7) is 3.65. The van der Waals surface area contributed by atoms with Gasteiger partial charge in [0, 0.05) is 6.61 Å². The van der Waals surface area contributed by atoms with Gasteiger partial charge in [-0.2, -0.15) is 0 Å². The van der Waals surface area contributed by atoms with E-state index >= 15 is 0 Å². The summed E-state index contributed by atoms with van der Waals surface area (Å²) in [6, 6.07) is 0. The Morgan fingerprint density at radius 1 is 1.45 bits per heavy atom. The lowest BCUT2D eigenvalue weighted by Gasteiger charge is -2.41. The Bertz CT molecular complexity index is 96.3. The van der Waals surface area contributed by atoms with Crippen molar-refractivity contribution in [3.8, 4) is 0 Å². The zero-order valence-electron chi connectivity index (χ0n) is 7.14. The van der Waals surface area contributed by atoms with Crippen molar-refractivity contribution >= 4 is 12.4 Å². The molecule has 0 aromatic rings. The normalized spacial score (nSPS) is 20.2. The second-order valence-electron chi connectivity index (χ2n) is 3.01. The van der Waals surface area contributed by atoms with Gasteiger partial charge >= 0.3 is 0 Å². The third-order valence-corrected chi connectivity index (χ3v) is 2.32. The minimum absolute atomic E-state index is 0. The van der Waals surface area contributed by atoms with Gasteiger partial charge in [0.1, 0.15) is 0 Å². The van der Waals surface area contributed by atoms with Crippen molar-refractivity contribution in [1.82, 2.24) is 0 Å². The van der Waals surface area contributed by atoms with Crippen molar-refractivity contribution in [3.05, 3.63) is 0 Å². The number of halogens is 1. The van der Waals surface area contributed by atoms with Gasteiger partial charge in [0.25, 0.3) is 0 Å². The molecule has 0 amide bonds. The highest BCUT2D eigenvalue weighted by Gasteiger charge is 2.36. The summed E-state index contributed by atoms with van der Waals surface area (Å²) < 4.78 is 5.63. The first-order chi connectivity index (χ1) is 4.83. The predicted molar refractivity (Wildman–Crippen MR) is 49.1 cm³/mol. The van der Waals surface area contributed by atoms with Crippen molar-refractivity contribution in [2.45, 2.75) is 38.2 Å². The second-order valence-corrected chi connectivity index (χ2v) is 3.01. The molecule has 0 unspecified atom stereocenters. The molecular weight excluding hydrogens is 162 g/mol. The monoisotopic (exact) mass is 179 g/mol. The van der Waals surface area contributed by atoms with Gasteiger partial charge in [0.2, 0.25) is 0 Å². The standard InChI is InChI=1S/C8H17NO.ClH/c1-2-10-8(6-7-9)4-3-5-8;/h2-7,9H2,1H3;1H. The van der Waals surface area contributed by atoms with Gasteiger partial charge in [0.15, 0.2) is 0 Å². The lowest BCUT2D eigenvalue weighted by molar-refractivity contribution is -0.0981. The number of hydrogen-bond donors (Lipinski definition) is 1. The summed E-state index contributed by atoms with van der Waals surface area (Å²) in [4.78, 5) is 0. The van der Waals surface area contributed by atoms with Gasteiger partial charge in [-0.15, -0.1) is 12.4 Å². The van der Waals surface area contributed by atoms with Crippen molar-refractivity contribution in [2.75, 3.05) is 13.2 Å². The third-order valence-electron chi connectivity index (χ3n) is 2.32. The molecule has 11 heavy (non-hydrogen) atoms. The number of ether oxygens (including phenoxy) is 1. The van der Waals surface area contributed by atoms with E-state index in [-0.39, 0.29) is 18.0 Å². The van der Waals surface area contributed by atoms with Crippen LogP contribution in [0.4, 0.5) is 0 Å². The molecule has 0 atom stereocenters. The summed E-state index contributed by atoms with van der Waals surface area (Å²) in [7, 11) is 0. The SMILES string of the molecule is CCOC1(CCN)CCC1.Cl. The van der Waals surface area contributed by atoms with E-state index in [9.17, 15) is 0 Å². The van der Waals surface area contributed by atoms with E-state index in [2.05, 4.69) is 6.92 Å². The summed E-state index contributed by atoms with van der Waals surface area (Å²) in [5.41, 5.74) is 5.67. The van der Waals surface area contributed by atoms with Crippen LogP contribution in [-0.2, 0) is 4.74 Å². The molecule has 1 fully saturated rings. The van der Waals surface area contributed by atoms with Crippen LogP contribution in [0.15, 0.2) is 0 Å². The van der Waals surface area contributed by atoms with E-state index in [0.29, 0.717) is 0 Å². The van der Waals surface area contributed by atoms with Crippen LogP contribution < -0.4 is 5.73 Å². The molecule has 0 spiro atoms. The molecule has 0 aromatic carbocycles. The van der Waals surface area contributed by atoms with Gasteiger partial charge in [-0.05, 0) is 39.2 Å². The van der Waals surface area contributed by atoms with Crippen LogP contribution in [0.3, 0.4) is 0 Å². The van der Waals surface area contributed by atoms with E-state index in [1.807, 2.05) is 0 Å². The zero-order chi connectivity index (χ0) is 7.45. The molecule has 0 aliphatic heterocycles. The Balaban J connectivity index is 0.000001000. The van der Waals surface area contributed by atoms with E-state index in [1.54, 1.807) is 0 Å². The average Bonchev–Trinajstić information content (AvgIpc) is 1.84. The summed E-state index contributed by atoms with van der Waals surface area (Å²) in [5, 5.41) is 0. The Kier molecular flexibility index (Phi) is 5.06. The molecule has 1 aliphatic carbocycles. The van der Waals surface area contributed by atoms with Gasteiger partial charge in [-0.1, -0.05) is 0 Å². The van der Waals surface area contributed by atoms with Crippen LogP contribution in [0, 0.1) is 0 Å². The predicted octanol–water partition coefficient (Wildman–Crippen LogP) is 1.72. The highest BCUT2D eigenvalue weighted by Crippen LogP contribution is 2.37. The first-order valence-corrected chi connectivity index (χ1v) is 4.17. The van der Waals surface area contributed by atoms with Crippen molar-refractivity contribution < 1.29 is 4.74 Å². The zero-order valence-corrected chi connectivity index (χ0v) is 7.95. The van der Waals surface area contributed by atoms with Crippen molar-refractivity contribution in [3.63, 3.8) is 0 Å². The van der Waals surface area contributed by atoms with Crippen LogP contribution >= 0.6 is 12.4 Å². The van der Waals surface area contributed by atoms with Gasteiger partial charge in [-0.25, -0.2) is 0 Å². The maximum atomic E-state index is 5.63. The van der Waals surface area contributed by atoms with Gasteiger partial charge in [0.05, 0.1) is 5.60 Å². The van der Waals surface area contributed by atoms with E-state index < -0.39 is 0 Å². The van der Waals surface area contributed by atoms with E-state index in [0.717, 1.165) is 19.6 Å². The fraction of sp³-hybridized carbons (Fsp3) is 1.00. The van der Waals surface area contributed by atoms with Crippen LogP contribution in [0.1, 0.15) is 32.6 Å². The third kappa shape index (κ3) is 2.62. The quantitative estimate of drug-likeness (QED) is 0.714. The number of rotatable bonds is 4. The molecule has 1 aliphatic rings. The molecule has 1 rings (SSSR count). The first-order valence-electron chi connectivity index (χ1n) is 4.17. The minimum Gasteiger partial charge on any atom is -0.375 e. The fourth-order valence-corrected chi connectivity index (χ4v) is 1.61. The lowest BCUT2D eigenvalue weighted by Crippen LogP contribution is -2.41. The van der Waals surface area contributed by atoms with Crippen molar-refractivity contribution in [1.29, 1.82) is 0 Å². The van der Waals surface area contributed by atoms with Gasteiger partial charge in [-0.3, -0.25) is 0 Å². The summed E-state index contributed by atoms with van der Waals surface area (Å²) >= 11 is 0. The Hall–Kier alpha value is 0.210. The molecule has 0 bridgehead atoms. The van der Waals surface area contributed by atoms with Crippen LogP contribution in [0.25, 0.3) is 0 Å². The van der Waals surface area contributed by atoms with Crippen LogP contribution in [-0.4, -0.2) is 18.8 Å². The molecule has 0 radical (unpaired) electrons. The second kappa shape index (κ2) is 4.96. The summed E-state index contributed by atoms with van der Waals surface area (Å²) in [6.07, 6.45) is 4.80. The maximum absolute atomic E-state index is 5.63. The molecule has 0 saturated heterocycles. The molecule has 0 aromatic heterocycles. The molecular formula is C8H18ClNO. The molecule has 0 heterocycles. The average molecular weight is 180 g/mol. The van der Waals surface area contributed by atoms with E-state index in [4.69, 9.17) is 10.5 Å². The van der Waals surface area contributed by atoms with Crippen LogP contribution in [0.2, 0.25) is 0 Å². The fourth-order valence-electron chi connectivity index (χ4n) is 1.61. The van der Waals surface area contributed by atoms with Crippen molar-refractivity contribution in [2.24, 2.45) is 5.73 Å². The topological polar surface area (TPSA) is 35.2 Å². The van der Waals surface area contributed by atoms with E-state index in [1.165, 1.54) is 19.3 Å². The minimum atomic E-state index is 0. The number of hydrogen-bond acceptors (Lipinski definition) is 2. The van der Waals surface area contributed by atoms with Gasteiger partial charge < -0.3 is 10.5 Å². The highest BCUT2D eigenvalue weighted by atomic mass is 35.5. The Morgan fingerprint density at radius 2 is 2.09 bits per heavy atom. The molecule has 2 nitrogen and oxygen atoms in total. The van der Waals surface area contributed by atoms with Crippen LogP contribution in [0.5, 0.6) is 0 Å². The Morgan fingerprint density at radius 3 is 2.36 bits per heavy atom. The molecule has 3 heteroatoms. The largest absolute Gasteiger partial charge is 0.375 e. The smallest absolute Gasteiger partial charge is 0.0694 e.